The van der Waals surface area contributed by atoms with Gasteiger partial charge in [0.1, 0.15) is 17.5 Å². The number of rotatable bonds is 4. The highest BCUT2D eigenvalue weighted by Gasteiger charge is 2.38. The third-order valence-corrected chi connectivity index (χ3v) is 5.99. The number of urea groups is 1. The van der Waals surface area contributed by atoms with Gasteiger partial charge >= 0.3 is 6.03 Å². The molecule has 3 amide bonds. The Labute approximate surface area is 188 Å². The highest BCUT2D eigenvalue weighted by molar-refractivity contribution is 6.42. The van der Waals surface area contributed by atoms with Crippen molar-refractivity contribution in [3.05, 3.63) is 69.3 Å². The highest BCUT2D eigenvalue weighted by atomic mass is 35.5. The van der Waals surface area contributed by atoms with Gasteiger partial charge in [0.05, 0.1) is 35.0 Å². The second kappa shape index (κ2) is 8.13. The smallest absolute Gasteiger partial charge is 0.315 e. The van der Waals surface area contributed by atoms with Crippen molar-refractivity contribution in [1.82, 2.24) is 14.7 Å². The Morgan fingerprint density at radius 3 is 2.52 bits per heavy atom. The lowest BCUT2D eigenvalue weighted by molar-refractivity contribution is 0.0995. The molecule has 0 fully saturated rings. The van der Waals surface area contributed by atoms with Crippen LogP contribution in [0.15, 0.2) is 42.5 Å². The normalized spacial score (nSPS) is 15.5. The number of carbonyl (C=O) groups is 2. The van der Waals surface area contributed by atoms with Gasteiger partial charge in [-0.1, -0.05) is 41.4 Å². The summed E-state index contributed by atoms with van der Waals surface area (Å²) in [7, 11) is 1.55. The van der Waals surface area contributed by atoms with Crippen molar-refractivity contribution < 1.29 is 14.3 Å². The van der Waals surface area contributed by atoms with Crippen LogP contribution in [0.2, 0.25) is 10.0 Å². The first kappa shape index (κ1) is 21.0. The largest absolute Gasteiger partial charge is 0.497 e. The molecule has 0 saturated carbocycles. The molecule has 0 radical (unpaired) electrons. The summed E-state index contributed by atoms with van der Waals surface area (Å²) in [6.07, 6.45) is 0. The number of halogens is 2. The predicted molar refractivity (Wildman–Crippen MR) is 117 cm³/mol. The molecular formula is C21H19Cl2N5O3. The van der Waals surface area contributed by atoms with Gasteiger partial charge in [-0.15, -0.1) is 0 Å². The zero-order chi connectivity index (χ0) is 22.3. The van der Waals surface area contributed by atoms with Crippen molar-refractivity contribution in [3.8, 4) is 17.0 Å². The van der Waals surface area contributed by atoms with E-state index in [4.69, 9.17) is 39.4 Å². The van der Waals surface area contributed by atoms with E-state index in [0.29, 0.717) is 51.4 Å². The van der Waals surface area contributed by atoms with Gasteiger partial charge in [-0.25, -0.2) is 4.79 Å². The second-order valence-corrected chi connectivity index (χ2v) is 7.85. The lowest BCUT2D eigenvalue weighted by Gasteiger charge is -2.35. The molecule has 0 saturated heterocycles. The Balaban J connectivity index is 1.97. The van der Waals surface area contributed by atoms with Crippen molar-refractivity contribution in [3.63, 3.8) is 0 Å². The van der Waals surface area contributed by atoms with Crippen molar-refractivity contribution in [2.75, 3.05) is 13.7 Å². The van der Waals surface area contributed by atoms with E-state index < -0.39 is 18.0 Å². The quantitative estimate of drug-likeness (QED) is 0.620. The molecule has 1 aliphatic rings. The van der Waals surface area contributed by atoms with E-state index in [1.165, 1.54) is 4.90 Å². The van der Waals surface area contributed by atoms with Crippen molar-refractivity contribution in [2.24, 2.45) is 11.5 Å². The Kier molecular flexibility index (Phi) is 5.51. The van der Waals surface area contributed by atoms with E-state index >= 15 is 0 Å². The van der Waals surface area contributed by atoms with Crippen LogP contribution in [0.5, 0.6) is 5.75 Å². The lowest BCUT2D eigenvalue weighted by Crippen LogP contribution is -2.46. The number of nitrogens with two attached hydrogens (primary N) is 2. The summed E-state index contributed by atoms with van der Waals surface area (Å²) in [5.74, 6) is -0.0610. The second-order valence-electron chi connectivity index (χ2n) is 7.04. The summed E-state index contributed by atoms with van der Waals surface area (Å²) in [6, 6.07) is 10.8. The average Bonchev–Trinajstić information content (AvgIpc) is 3.15. The molecule has 0 spiro atoms. The summed E-state index contributed by atoms with van der Waals surface area (Å²) in [4.78, 5) is 26.3. The van der Waals surface area contributed by atoms with E-state index in [0.717, 1.165) is 0 Å². The van der Waals surface area contributed by atoms with Crippen LogP contribution in [-0.4, -0.2) is 40.3 Å². The first-order valence-corrected chi connectivity index (χ1v) is 10.1. The first-order chi connectivity index (χ1) is 14.8. The van der Waals surface area contributed by atoms with E-state index in [-0.39, 0.29) is 5.56 Å². The van der Waals surface area contributed by atoms with Crippen LogP contribution in [0.3, 0.4) is 0 Å². The van der Waals surface area contributed by atoms with Crippen LogP contribution >= 0.6 is 23.2 Å². The summed E-state index contributed by atoms with van der Waals surface area (Å²) < 4.78 is 6.98. The number of aromatic nitrogens is 2. The van der Waals surface area contributed by atoms with Gasteiger partial charge in [-0.2, -0.15) is 5.10 Å². The van der Waals surface area contributed by atoms with Gasteiger partial charge in [-0.3, -0.25) is 9.48 Å². The maximum Gasteiger partial charge on any atom is 0.315 e. The average molecular weight is 460 g/mol. The Morgan fingerprint density at radius 2 is 1.87 bits per heavy atom. The summed E-state index contributed by atoms with van der Waals surface area (Å²) >= 11 is 12.3. The fraction of sp³-hybridized carbons (Fsp3) is 0.190. The standard InChI is InChI=1S/C21H19Cl2N5O3/c1-31-13-4-2-3-11(9-13)17-16(20(24)29)19-18(12-5-6-14(22)15(23)10-12)27(21(25)30)7-8-28(19)26-17/h2-6,9-10,18H,7-8H2,1H3,(H2,24,29)(H2,25,30). The first-order valence-electron chi connectivity index (χ1n) is 9.37. The van der Waals surface area contributed by atoms with Gasteiger partial charge in [0.15, 0.2) is 0 Å². The maximum absolute atomic E-state index is 12.6. The van der Waals surface area contributed by atoms with Crippen LogP contribution in [0, 0.1) is 0 Å². The topological polar surface area (TPSA) is 116 Å². The number of fused-ring (bicyclic) bond motifs is 1. The number of hydrogen-bond donors (Lipinski definition) is 2. The molecule has 4 N–H and O–H groups in total. The Morgan fingerprint density at radius 1 is 1.10 bits per heavy atom. The van der Waals surface area contributed by atoms with Crippen LogP contribution in [-0.2, 0) is 6.54 Å². The van der Waals surface area contributed by atoms with Gasteiger partial charge in [0, 0.05) is 12.1 Å². The van der Waals surface area contributed by atoms with Gasteiger partial charge in [0.25, 0.3) is 5.91 Å². The molecular weight excluding hydrogens is 441 g/mol. The number of nitrogens with zero attached hydrogens (tertiary/aromatic N) is 3. The Hall–Kier alpha value is -3.23. The number of amides is 3. The number of primary amides is 2. The molecule has 160 valence electrons. The van der Waals surface area contributed by atoms with Crippen LogP contribution < -0.4 is 16.2 Å². The minimum atomic E-state index is -0.713. The molecule has 8 nitrogen and oxygen atoms in total. The van der Waals surface area contributed by atoms with E-state index in [9.17, 15) is 9.59 Å². The molecule has 4 rings (SSSR count). The lowest BCUT2D eigenvalue weighted by atomic mass is 9.94. The molecule has 1 aromatic heterocycles. The van der Waals surface area contributed by atoms with Crippen molar-refractivity contribution in [2.45, 2.75) is 12.6 Å². The molecule has 0 aliphatic carbocycles. The third-order valence-electron chi connectivity index (χ3n) is 5.25. The number of carbonyl (C=O) groups excluding carboxylic acids is 2. The van der Waals surface area contributed by atoms with E-state index in [2.05, 4.69) is 5.10 Å². The predicted octanol–water partition coefficient (Wildman–Crippen LogP) is 3.45. The summed E-state index contributed by atoms with van der Waals surface area (Å²) in [5.41, 5.74) is 13.8. The SMILES string of the molecule is COc1cccc(-c2nn3c(c2C(N)=O)C(c2ccc(Cl)c(Cl)c2)N(C(N)=O)CC3)c1. The van der Waals surface area contributed by atoms with Crippen LogP contribution in [0.1, 0.15) is 27.7 Å². The monoisotopic (exact) mass is 459 g/mol. The minimum absolute atomic E-state index is 0.204. The van der Waals surface area contributed by atoms with Gasteiger partial charge in [0.2, 0.25) is 0 Å². The Bertz CT molecular complexity index is 1190. The highest BCUT2D eigenvalue weighted by Crippen LogP contribution is 2.40. The third kappa shape index (κ3) is 3.68. The number of methoxy groups -OCH3 is 1. The van der Waals surface area contributed by atoms with E-state index in [1.54, 1.807) is 48.2 Å². The molecule has 2 aromatic carbocycles. The number of hydrogen-bond acceptors (Lipinski definition) is 4. The summed E-state index contributed by atoms with van der Waals surface area (Å²) in [6.45, 7) is 0.644. The number of benzene rings is 2. The maximum atomic E-state index is 12.6. The van der Waals surface area contributed by atoms with Gasteiger partial charge in [-0.05, 0) is 29.8 Å². The molecule has 0 bridgehead atoms. The van der Waals surface area contributed by atoms with Crippen LogP contribution in [0.25, 0.3) is 11.3 Å². The van der Waals surface area contributed by atoms with Crippen LogP contribution in [0.4, 0.5) is 4.79 Å². The zero-order valence-corrected chi connectivity index (χ0v) is 18.0. The summed E-state index contributed by atoms with van der Waals surface area (Å²) in [5, 5.41) is 5.33. The number of ether oxygens (including phenoxy) is 1. The molecule has 3 aromatic rings. The fourth-order valence-corrected chi connectivity index (χ4v) is 4.18. The zero-order valence-electron chi connectivity index (χ0n) is 16.5. The van der Waals surface area contributed by atoms with Crippen molar-refractivity contribution >= 4 is 35.1 Å². The van der Waals surface area contributed by atoms with Gasteiger partial charge < -0.3 is 21.1 Å². The minimum Gasteiger partial charge on any atom is -0.497 e. The molecule has 1 unspecified atom stereocenters. The molecule has 10 heteroatoms. The molecule has 31 heavy (non-hydrogen) atoms. The fourth-order valence-electron chi connectivity index (χ4n) is 3.88. The molecule has 1 aliphatic heterocycles. The molecule has 1 atom stereocenters. The molecule has 2 heterocycles. The van der Waals surface area contributed by atoms with Crippen molar-refractivity contribution in [1.29, 1.82) is 0 Å². The van der Waals surface area contributed by atoms with E-state index in [1.807, 2.05) is 6.07 Å².